The van der Waals surface area contributed by atoms with Crippen LogP contribution in [0.5, 0.6) is 11.5 Å². The van der Waals surface area contributed by atoms with E-state index >= 15 is 0 Å². The Morgan fingerprint density at radius 1 is 1.14 bits per heavy atom. The van der Waals surface area contributed by atoms with Gasteiger partial charge in [-0.1, -0.05) is 0 Å². The molecule has 4 nitrogen and oxygen atoms in total. The normalized spacial score (nSPS) is 20.2. The first-order chi connectivity index (χ1) is 10.2. The predicted octanol–water partition coefficient (Wildman–Crippen LogP) is 2.89. The van der Waals surface area contributed by atoms with Gasteiger partial charge < -0.3 is 19.8 Å². The molecule has 4 heteroatoms. The first kappa shape index (κ1) is 12.8. The molecule has 21 heavy (non-hydrogen) atoms. The summed E-state index contributed by atoms with van der Waals surface area (Å²) < 4.78 is 13.6. The number of rotatable bonds is 1. The quantitative estimate of drug-likeness (QED) is 0.876. The van der Waals surface area contributed by atoms with Crippen LogP contribution in [-0.2, 0) is 6.42 Å². The molecule has 110 valence electrons. The highest BCUT2D eigenvalue weighted by atomic mass is 16.6. The minimum absolute atomic E-state index is 0.172. The smallest absolute Gasteiger partial charge is 0.163 e. The standard InChI is InChI=1S/C17H20N2O2/c1-11-9-13-14(18)3-2-4-15(13)19(11)12-5-6-16-17(10-12)21-8-7-20-16/h5-6,9-10,14H,2-4,7-8,18H2,1H3. The lowest BCUT2D eigenvalue weighted by molar-refractivity contribution is 0.171. The van der Waals surface area contributed by atoms with Crippen LogP contribution in [0.4, 0.5) is 0 Å². The van der Waals surface area contributed by atoms with Crippen LogP contribution in [0.25, 0.3) is 5.69 Å². The molecule has 1 unspecified atom stereocenters. The van der Waals surface area contributed by atoms with Gasteiger partial charge in [-0.15, -0.1) is 0 Å². The van der Waals surface area contributed by atoms with Crippen LogP contribution in [0.1, 0.15) is 35.8 Å². The summed E-state index contributed by atoms with van der Waals surface area (Å²) in [6.07, 6.45) is 3.32. The van der Waals surface area contributed by atoms with Gasteiger partial charge in [0.25, 0.3) is 0 Å². The first-order valence-corrected chi connectivity index (χ1v) is 7.61. The van der Waals surface area contributed by atoms with Gasteiger partial charge in [0.2, 0.25) is 0 Å². The van der Waals surface area contributed by atoms with Crippen molar-refractivity contribution < 1.29 is 9.47 Å². The predicted molar refractivity (Wildman–Crippen MR) is 81.4 cm³/mol. The number of nitrogens with zero attached hydrogens (tertiary/aromatic N) is 1. The van der Waals surface area contributed by atoms with Gasteiger partial charge in [0.15, 0.2) is 11.5 Å². The van der Waals surface area contributed by atoms with E-state index in [2.05, 4.69) is 29.7 Å². The molecule has 1 aliphatic heterocycles. The van der Waals surface area contributed by atoms with Gasteiger partial charge in [-0.2, -0.15) is 0 Å². The third-order valence-corrected chi connectivity index (χ3v) is 4.43. The number of ether oxygens (including phenoxy) is 2. The molecule has 1 aliphatic carbocycles. The van der Waals surface area contributed by atoms with Gasteiger partial charge in [-0.05, 0) is 49.9 Å². The topological polar surface area (TPSA) is 49.4 Å². The third-order valence-electron chi connectivity index (χ3n) is 4.43. The van der Waals surface area contributed by atoms with Gasteiger partial charge in [-0.25, -0.2) is 0 Å². The van der Waals surface area contributed by atoms with E-state index in [0.29, 0.717) is 13.2 Å². The van der Waals surface area contributed by atoms with E-state index < -0.39 is 0 Å². The lowest BCUT2D eigenvalue weighted by atomic mass is 9.93. The van der Waals surface area contributed by atoms with Crippen LogP contribution in [-0.4, -0.2) is 17.8 Å². The molecule has 1 atom stereocenters. The summed E-state index contributed by atoms with van der Waals surface area (Å²) >= 11 is 0. The maximum Gasteiger partial charge on any atom is 0.163 e. The molecule has 2 aromatic rings. The first-order valence-electron chi connectivity index (χ1n) is 7.61. The van der Waals surface area contributed by atoms with Crippen LogP contribution < -0.4 is 15.2 Å². The van der Waals surface area contributed by atoms with E-state index in [1.54, 1.807) is 0 Å². The van der Waals surface area contributed by atoms with Crippen molar-refractivity contribution in [2.24, 2.45) is 5.73 Å². The molecular weight excluding hydrogens is 264 g/mol. The van der Waals surface area contributed by atoms with E-state index in [9.17, 15) is 0 Å². The molecule has 0 saturated heterocycles. The van der Waals surface area contributed by atoms with Gasteiger partial charge in [0, 0.05) is 29.2 Å². The van der Waals surface area contributed by atoms with Crippen molar-refractivity contribution in [1.29, 1.82) is 0 Å². The molecule has 2 heterocycles. The minimum atomic E-state index is 0.172. The number of aromatic nitrogens is 1. The minimum Gasteiger partial charge on any atom is -0.486 e. The molecule has 0 fully saturated rings. The van der Waals surface area contributed by atoms with Gasteiger partial charge >= 0.3 is 0 Å². The maximum atomic E-state index is 6.26. The summed E-state index contributed by atoms with van der Waals surface area (Å²) in [6, 6.07) is 8.57. The Morgan fingerprint density at radius 2 is 1.95 bits per heavy atom. The van der Waals surface area contributed by atoms with Crippen LogP contribution in [0.3, 0.4) is 0 Å². The lowest BCUT2D eigenvalue weighted by Crippen LogP contribution is -2.18. The molecule has 0 saturated carbocycles. The number of nitrogens with two attached hydrogens (primary N) is 1. The molecule has 4 rings (SSSR count). The molecule has 0 amide bonds. The zero-order valence-corrected chi connectivity index (χ0v) is 12.3. The Bertz CT molecular complexity index is 690. The molecular formula is C17H20N2O2. The van der Waals surface area contributed by atoms with Crippen LogP contribution >= 0.6 is 0 Å². The van der Waals surface area contributed by atoms with E-state index in [1.807, 2.05) is 6.07 Å². The number of aryl methyl sites for hydroxylation is 1. The molecule has 0 bridgehead atoms. The molecule has 2 N–H and O–H groups in total. The van der Waals surface area contributed by atoms with Gasteiger partial charge in [0.1, 0.15) is 13.2 Å². The molecule has 1 aromatic carbocycles. The fourth-order valence-corrected chi connectivity index (χ4v) is 3.47. The number of hydrogen-bond donors (Lipinski definition) is 1. The Kier molecular flexibility index (Phi) is 2.93. The van der Waals surface area contributed by atoms with Crippen LogP contribution in [0.15, 0.2) is 24.3 Å². The summed E-state index contributed by atoms with van der Waals surface area (Å²) in [6.45, 7) is 3.38. The zero-order chi connectivity index (χ0) is 14.4. The molecule has 0 radical (unpaired) electrons. The monoisotopic (exact) mass is 284 g/mol. The fraction of sp³-hybridized carbons (Fsp3) is 0.412. The molecule has 0 spiro atoms. The highest BCUT2D eigenvalue weighted by molar-refractivity contribution is 5.52. The molecule has 2 aliphatic rings. The Balaban J connectivity index is 1.83. The second kappa shape index (κ2) is 4.81. The third kappa shape index (κ3) is 2.02. The average molecular weight is 284 g/mol. The Hall–Kier alpha value is -1.94. The van der Waals surface area contributed by atoms with E-state index in [1.165, 1.54) is 17.0 Å². The van der Waals surface area contributed by atoms with E-state index in [-0.39, 0.29) is 6.04 Å². The largest absolute Gasteiger partial charge is 0.486 e. The van der Waals surface area contributed by atoms with E-state index in [4.69, 9.17) is 15.2 Å². The summed E-state index contributed by atoms with van der Waals surface area (Å²) in [5.74, 6) is 1.67. The van der Waals surface area contributed by atoms with E-state index in [0.717, 1.165) is 36.4 Å². The Morgan fingerprint density at radius 3 is 2.81 bits per heavy atom. The lowest BCUT2D eigenvalue weighted by Gasteiger charge is -2.23. The second-order valence-corrected chi connectivity index (χ2v) is 5.85. The highest BCUT2D eigenvalue weighted by Gasteiger charge is 2.23. The second-order valence-electron chi connectivity index (χ2n) is 5.85. The number of fused-ring (bicyclic) bond motifs is 2. The van der Waals surface area contributed by atoms with Crippen molar-refractivity contribution in [3.63, 3.8) is 0 Å². The van der Waals surface area contributed by atoms with Crippen molar-refractivity contribution in [2.75, 3.05) is 13.2 Å². The van der Waals surface area contributed by atoms with Gasteiger partial charge in [-0.3, -0.25) is 0 Å². The summed E-state index contributed by atoms with van der Waals surface area (Å²) in [7, 11) is 0. The maximum absolute atomic E-state index is 6.26. The van der Waals surface area contributed by atoms with Crippen molar-refractivity contribution >= 4 is 0 Å². The average Bonchev–Trinajstić information content (AvgIpc) is 2.84. The molecule has 1 aromatic heterocycles. The number of benzene rings is 1. The van der Waals surface area contributed by atoms with Crippen molar-refractivity contribution in [3.8, 4) is 17.2 Å². The fourth-order valence-electron chi connectivity index (χ4n) is 3.47. The SMILES string of the molecule is Cc1cc2c(n1-c1ccc3c(c1)OCCO3)CCCC2N. The summed E-state index contributed by atoms with van der Waals surface area (Å²) in [5, 5.41) is 0. The number of hydrogen-bond acceptors (Lipinski definition) is 3. The summed E-state index contributed by atoms with van der Waals surface area (Å²) in [4.78, 5) is 0. The van der Waals surface area contributed by atoms with Crippen molar-refractivity contribution in [3.05, 3.63) is 41.2 Å². The zero-order valence-electron chi connectivity index (χ0n) is 12.3. The van der Waals surface area contributed by atoms with Gasteiger partial charge in [0.05, 0.1) is 0 Å². The van der Waals surface area contributed by atoms with Crippen molar-refractivity contribution in [1.82, 2.24) is 4.57 Å². The van der Waals surface area contributed by atoms with Crippen LogP contribution in [0.2, 0.25) is 0 Å². The van der Waals surface area contributed by atoms with Crippen molar-refractivity contribution in [2.45, 2.75) is 32.2 Å². The highest BCUT2D eigenvalue weighted by Crippen LogP contribution is 2.36. The summed E-state index contributed by atoms with van der Waals surface area (Å²) in [5.41, 5.74) is 11.3. The Labute approximate surface area is 124 Å². The van der Waals surface area contributed by atoms with Crippen LogP contribution in [0, 0.1) is 6.92 Å².